The Labute approximate surface area is 201 Å². The van der Waals surface area contributed by atoms with E-state index in [0.29, 0.717) is 12.2 Å². The molecule has 0 spiro atoms. The van der Waals surface area contributed by atoms with E-state index in [1.807, 2.05) is 60.3 Å². The quantitative estimate of drug-likeness (QED) is 0.313. The first-order valence-corrected chi connectivity index (χ1v) is 11.3. The topological polar surface area (TPSA) is 74.3 Å². The number of nitrogens with zero attached hydrogens (tertiary/aromatic N) is 7. The maximum absolute atomic E-state index is 12.6. The molecule has 5 aromatic rings. The van der Waals surface area contributed by atoms with Crippen LogP contribution < -0.4 is 0 Å². The standard InChI is InChI=1S/C26H23F2N7/c1-2-34-16-22(26(33-34)20-4-3-10-29-13-20)23-9-11-30-25(32-23)12-18-5-7-19(8-6-18)21-14-31-35(15-21)17-24(27)28/h3-11,13-16,24H,2,12,17H2,1H3. The molecule has 0 amide bonds. The third-order valence-corrected chi connectivity index (χ3v) is 5.61. The Kier molecular flexibility index (Phi) is 6.38. The number of hydrogen-bond acceptors (Lipinski definition) is 5. The zero-order valence-electron chi connectivity index (χ0n) is 19.1. The highest BCUT2D eigenvalue weighted by Gasteiger charge is 2.15. The van der Waals surface area contributed by atoms with Gasteiger partial charge < -0.3 is 0 Å². The first kappa shape index (κ1) is 22.5. The smallest absolute Gasteiger partial charge is 0.257 e. The van der Waals surface area contributed by atoms with Crippen LogP contribution in [0.3, 0.4) is 0 Å². The van der Waals surface area contributed by atoms with Gasteiger partial charge in [-0.1, -0.05) is 24.3 Å². The van der Waals surface area contributed by atoms with Crippen LogP contribution in [0, 0.1) is 0 Å². The number of benzene rings is 1. The summed E-state index contributed by atoms with van der Waals surface area (Å²) in [4.78, 5) is 13.5. The first-order valence-electron chi connectivity index (χ1n) is 11.3. The molecule has 0 aliphatic rings. The lowest BCUT2D eigenvalue weighted by Gasteiger charge is -2.06. The second-order valence-corrected chi connectivity index (χ2v) is 8.06. The van der Waals surface area contributed by atoms with E-state index in [1.54, 1.807) is 31.0 Å². The second kappa shape index (κ2) is 9.92. The molecule has 7 nitrogen and oxygen atoms in total. The van der Waals surface area contributed by atoms with Gasteiger partial charge >= 0.3 is 0 Å². The molecule has 0 bridgehead atoms. The van der Waals surface area contributed by atoms with Crippen molar-refractivity contribution in [2.75, 3.05) is 0 Å². The molecule has 4 aromatic heterocycles. The molecule has 4 heterocycles. The van der Waals surface area contributed by atoms with Crippen LogP contribution >= 0.6 is 0 Å². The maximum atomic E-state index is 12.6. The Balaban J connectivity index is 1.37. The highest BCUT2D eigenvalue weighted by Crippen LogP contribution is 2.29. The molecule has 0 atom stereocenters. The second-order valence-electron chi connectivity index (χ2n) is 8.06. The molecule has 0 saturated carbocycles. The maximum Gasteiger partial charge on any atom is 0.257 e. The van der Waals surface area contributed by atoms with Gasteiger partial charge in [-0.3, -0.25) is 14.3 Å². The summed E-state index contributed by atoms with van der Waals surface area (Å²) in [6, 6.07) is 13.7. The molecular formula is C26H23F2N7. The summed E-state index contributed by atoms with van der Waals surface area (Å²) >= 11 is 0. The third kappa shape index (κ3) is 5.13. The van der Waals surface area contributed by atoms with Gasteiger partial charge in [0.05, 0.1) is 11.9 Å². The Morgan fingerprint density at radius 2 is 1.74 bits per heavy atom. The van der Waals surface area contributed by atoms with Gasteiger partial charge in [0.25, 0.3) is 6.43 Å². The molecule has 35 heavy (non-hydrogen) atoms. The summed E-state index contributed by atoms with van der Waals surface area (Å²) in [5, 5.41) is 8.72. The van der Waals surface area contributed by atoms with E-state index in [-0.39, 0.29) is 0 Å². The average Bonchev–Trinajstić information content (AvgIpc) is 3.52. The zero-order valence-corrected chi connectivity index (χ0v) is 19.1. The monoisotopic (exact) mass is 471 g/mol. The van der Waals surface area contributed by atoms with Gasteiger partial charge in [0, 0.05) is 60.6 Å². The summed E-state index contributed by atoms with van der Waals surface area (Å²) in [7, 11) is 0. The fourth-order valence-corrected chi connectivity index (χ4v) is 3.87. The highest BCUT2D eigenvalue weighted by molar-refractivity contribution is 5.78. The van der Waals surface area contributed by atoms with Gasteiger partial charge in [0.2, 0.25) is 0 Å². The normalized spacial score (nSPS) is 11.3. The fourth-order valence-electron chi connectivity index (χ4n) is 3.87. The van der Waals surface area contributed by atoms with Crippen LogP contribution in [-0.2, 0) is 19.5 Å². The van der Waals surface area contributed by atoms with Crippen molar-refractivity contribution in [1.29, 1.82) is 0 Å². The number of aromatic nitrogens is 7. The van der Waals surface area contributed by atoms with E-state index in [4.69, 9.17) is 10.1 Å². The van der Waals surface area contributed by atoms with Crippen molar-refractivity contribution in [2.24, 2.45) is 0 Å². The summed E-state index contributed by atoms with van der Waals surface area (Å²) in [6.45, 7) is 2.38. The van der Waals surface area contributed by atoms with Gasteiger partial charge in [-0.15, -0.1) is 0 Å². The Morgan fingerprint density at radius 3 is 2.49 bits per heavy atom. The molecule has 0 aliphatic carbocycles. The minimum Gasteiger partial charge on any atom is -0.272 e. The van der Waals surface area contributed by atoms with Crippen molar-refractivity contribution in [3.8, 4) is 33.6 Å². The summed E-state index contributed by atoms with van der Waals surface area (Å²) in [6.07, 6.45) is 8.65. The molecule has 1 aromatic carbocycles. The number of halogens is 2. The van der Waals surface area contributed by atoms with Crippen molar-refractivity contribution in [3.63, 3.8) is 0 Å². The number of aryl methyl sites for hydroxylation is 1. The number of rotatable bonds is 8. The molecule has 9 heteroatoms. The predicted molar refractivity (Wildman–Crippen MR) is 129 cm³/mol. The molecule has 5 rings (SSSR count). The van der Waals surface area contributed by atoms with Crippen LogP contribution in [0.15, 0.2) is 79.6 Å². The van der Waals surface area contributed by atoms with Gasteiger partial charge in [0.1, 0.15) is 18.1 Å². The molecule has 0 radical (unpaired) electrons. The van der Waals surface area contributed by atoms with Gasteiger partial charge in [-0.25, -0.2) is 18.7 Å². The summed E-state index contributed by atoms with van der Waals surface area (Å²) in [5.41, 5.74) is 6.26. The summed E-state index contributed by atoms with van der Waals surface area (Å²) < 4.78 is 28.3. The Morgan fingerprint density at radius 1 is 0.886 bits per heavy atom. The fraction of sp³-hybridized carbons (Fsp3) is 0.192. The molecule has 0 unspecified atom stereocenters. The van der Waals surface area contributed by atoms with Crippen LogP contribution in [0.25, 0.3) is 33.6 Å². The van der Waals surface area contributed by atoms with Crippen molar-refractivity contribution < 1.29 is 8.78 Å². The van der Waals surface area contributed by atoms with Gasteiger partial charge in [-0.2, -0.15) is 10.2 Å². The van der Waals surface area contributed by atoms with Crippen LogP contribution in [0.4, 0.5) is 8.78 Å². The highest BCUT2D eigenvalue weighted by atomic mass is 19.3. The van der Waals surface area contributed by atoms with Crippen molar-refractivity contribution in [3.05, 3.63) is 91.0 Å². The van der Waals surface area contributed by atoms with Crippen LogP contribution in [0.5, 0.6) is 0 Å². The minimum atomic E-state index is -2.43. The average molecular weight is 472 g/mol. The van der Waals surface area contributed by atoms with Crippen LogP contribution in [0.1, 0.15) is 18.3 Å². The number of alkyl halides is 2. The van der Waals surface area contributed by atoms with Crippen molar-refractivity contribution in [2.45, 2.75) is 32.9 Å². The molecule has 0 aliphatic heterocycles. The zero-order chi connectivity index (χ0) is 24.2. The lowest BCUT2D eigenvalue weighted by molar-refractivity contribution is 0.122. The van der Waals surface area contributed by atoms with Crippen molar-refractivity contribution in [1.82, 2.24) is 34.5 Å². The van der Waals surface area contributed by atoms with E-state index in [0.717, 1.165) is 45.7 Å². The predicted octanol–water partition coefficient (Wildman–Crippen LogP) is 5.14. The molecule has 0 fully saturated rings. The molecule has 0 saturated heterocycles. The summed E-state index contributed by atoms with van der Waals surface area (Å²) in [5.74, 6) is 0.696. The van der Waals surface area contributed by atoms with E-state index in [9.17, 15) is 8.78 Å². The van der Waals surface area contributed by atoms with E-state index in [1.165, 1.54) is 4.68 Å². The van der Waals surface area contributed by atoms with E-state index >= 15 is 0 Å². The van der Waals surface area contributed by atoms with E-state index in [2.05, 4.69) is 15.1 Å². The minimum absolute atomic E-state index is 0.411. The largest absolute Gasteiger partial charge is 0.272 e. The lowest BCUT2D eigenvalue weighted by Crippen LogP contribution is -2.06. The molecule has 176 valence electrons. The molecule has 0 N–H and O–H groups in total. The van der Waals surface area contributed by atoms with Crippen molar-refractivity contribution >= 4 is 0 Å². The Bertz CT molecular complexity index is 1410. The number of pyridine rings is 1. The molecular weight excluding hydrogens is 448 g/mol. The van der Waals surface area contributed by atoms with E-state index < -0.39 is 13.0 Å². The first-order chi connectivity index (χ1) is 17.1. The lowest BCUT2D eigenvalue weighted by atomic mass is 10.0. The third-order valence-electron chi connectivity index (χ3n) is 5.61. The van der Waals surface area contributed by atoms with Gasteiger partial charge in [-0.05, 0) is 36.2 Å². The Hall–Kier alpha value is -4.27. The SMILES string of the molecule is CCn1cc(-c2ccnc(Cc3ccc(-c4cnn(CC(F)F)c4)cc3)n2)c(-c2cccnc2)n1. The van der Waals surface area contributed by atoms with Crippen LogP contribution in [-0.4, -0.2) is 40.9 Å². The number of hydrogen-bond donors (Lipinski definition) is 0. The van der Waals surface area contributed by atoms with Gasteiger partial charge in [0.15, 0.2) is 0 Å². The van der Waals surface area contributed by atoms with Crippen LogP contribution in [0.2, 0.25) is 0 Å².